The van der Waals surface area contributed by atoms with Gasteiger partial charge in [-0.25, -0.2) is 0 Å². The summed E-state index contributed by atoms with van der Waals surface area (Å²) in [6, 6.07) is 5.98. The summed E-state index contributed by atoms with van der Waals surface area (Å²) in [5.41, 5.74) is 2.77. The van der Waals surface area contributed by atoms with E-state index in [0.29, 0.717) is 0 Å². The van der Waals surface area contributed by atoms with Crippen LogP contribution < -0.4 is 5.32 Å². The molecule has 1 fully saturated rings. The Hall–Kier alpha value is -1.44. The summed E-state index contributed by atoms with van der Waals surface area (Å²) < 4.78 is 5.69. The van der Waals surface area contributed by atoms with Crippen molar-refractivity contribution in [1.29, 1.82) is 5.41 Å². The molecule has 21 heavy (non-hydrogen) atoms. The first-order chi connectivity index (χ1) is 9.98. The fourth-order valence-electron chi connectivity index (χ4n) is 2.13. The number of hydrogen-bond donors (Lipinski definition) is 2. The maximum Gasteiger partial charge on any atom is 0.127 e. The summed E-state index contributed by atoms with van der Waals surface area (Å²) in [6.07, 6.45) is 11.3. The third-order valence-corrected chi connectivity index (χ3v) is 3.92. The molecule has 114 valence electrons. The van der Waals surface area contributed by atoms with Crippen LogP contribution in [0, 0.1) is 16.6 Å². The number of hydrogen-bond acceptors (Lipinski definition) is 3. The molecule has 1 aliphatic heterocycles. The molecule has 1 aliphatic rings. The van der Waals surface area contributed by atoms with Crippen LogP contribution in [0.3, 0.4) is 0 Å². The first-order valence-corrected chi connectivity index (χ1v) is 10.1. The fraction of sp³-hybridized carbons (Fsp3) is 0.471. The zero-order valence-corrected chi connectivity index (χ0v) is 13.8. The van der Waals surface area contributed by atoms with Gasteiger partial charge >= 0.3 is 0 Å². The molecule has 1 aromatic carbocycles. The van der Waals surface area contributed by atoms with Crippen molar-refractivity contribution in [3.8, 4) is 11.2 Å². The molecule has 4 heteroatoms. The minimum absolute atomic E-state index is 0.0633. The van der Waals surface area contributed by atoms with Crippen LogP contribution in [0.15, 0.2) is 18.2 Å². The molecule has 2 rings (SSSR count). The van der Waals surface area contributed by atoms with Crippen LogP contribution in [0.5, 0.6) is 0 Å². The summed E-state index contributed by atoms with van der Waals surface area (Å²) in [6.45, 7) is 0.815. The van der Waals surface area contributed by atoms with Crippen LogP contribution in [0.1, 0.15) is 30.4 Å². The Morgan fingerprint density at radius 1 is 1.33 bits per heavy atom. The molecule has 1 atom stereocenters. The average Bonchev–Trinajstić information content (AvgIpc) is 2.46. The quantitative estimate of drug-likeness (QED) is 0.661. The van der Waals surface area contributed by atoms with Crippen LogP contribution in [0.4, 0.5) is 5.69 Å². The molecule has 0 aromatic heterocycles. The largest absolute Gasteiger partial charge is 0.360 e. The van der Waals surface area contributed by atoms with Gasteiger partial charge in [0.2, 0.25) is 0 Å². The summed E-state index contributed by atoms with van der Waals surface area (Å²) in [5.74, 6) is 3.21. The lowest BCUT2D eigenvalue weighted by molar-refractivity contribution is 0.0343. The Morgan fingerprint density at radius 3 is 2.76 bits per heavy atom. The van der Waals surface area contributed by atoms with E-state index in [0.717, 1.165) is 36.3 Å². The van der Waals surface area contributed by atoms with E-state index in [1.165, 1.54) is 12.6 Å². The van der Waals surface area contributed by atoms with Gasteiger partial charge in [0.25, 0.3) is 0 Å². The van der Waals surface area contributed by atoms with E-state index in [1.54, 1.807) is 0 Å². The Morgan fingerprint density at radius 2 is 2.14 bits per heavy atom. The maximum absolute atomic E-state index is 7.60. The Bertz CT molecular complexity index is 560. The molecule has 1 unspecified atom stereocenters. The lowest BCUT2D eigenvalue weighted by Crippen LogP contribution is -2.27. The SMILES string of the molecule is CS(C)(C)C#Cc1ccc(NC2CCCCO2)c(C=N)c1. The summed E-state index contributed by atoms with van der Waals surface area (Å²) in [4.78, 5) is 0. The second kappa shape index (κ2) is 7.02. The highest BCUT2D eigenvalue weighted by Crippen LogP contribution is 2.32. The monoisotopic (exact) mass is 304 g/mol. The highest BCUT2D eigenvalue weighted by Gasteiger charge is 2.14. The normalized spacial score (nSPS) is 19.3. The molecule has 1 aromatic rings. The minimum atomic E-state index is -0.829. The lowest BCUT2D eigenvalue weighted by Gasteiger charge is -2.25. The smallest absolute Gasteiger partial charge is 0.127 e. The molecule has 1 heterocycles. The van der Waals surface area contributed by atoms with Crippen LogP contribution >= 0.6 is 10.0 Å². The standard InChI is InChI=1S/C17H24N2OS/c1-21(2,3)11-9-14-7-8-16(15(12-14)13-18)19-17-6-4-5-10-20-17/h7-8,12-13,17-19H,4-6,10H2,1-3H3. The van der Waals surface area contributed by atoms with Gasteiger partial charge in [-0.15, -0.1) is 0 Å². The first kappa shape index (κ1) is 15.9. The van der Waals surface area contributed by atoms with Crippen molar-refractivity contribution >= 4 is 21.9 Å². The molecule has 3 nitrogen and oxygen atoms in total. The third-order valence-electron chi connectivity index (χ3n) is 3.20. The highest BCUT2D eigenvalue weighted by molar-refractivity contribution is 8.35. The minimum Gasteiger partial charge on any atom is -0.360 e. The fourth-order valence-corrected chi connectivity index (χ4v) is 2.56. The lowest BCUT2D eigenvalue weighted by atomic mass is 10.1. The first-order valence-electron chi connectivity index (χ1n) is 7.22. The van der Waals surface area contributed by atoms with Gasteiger partial charge in [0.1, 0.15) is 6.23 Å². The number of nitrogens with one attached hydrogen (secondary N) is 2. The molecular weight excluding hydrogens is 280 g/mol. The van der Waals surface area contributed by atoms with Crippen molar-refractivity contribution in [3.05, 3.63) is 29.3 Å². The molecular formula is C17H24N2OS. The van der Waals surface area contributed by atoms with Crippen molar-refractivity contribution in [2.45, 2.75) is 25.5 Å². The van der Waals surface area contributed by atoms with Crippen LogP contribution in [0.25, 0.3) is 0 Å². The predicted molar refractivity (Wildman–Crippen MR) is 93.8 cm³/mol. The summed E-state index contributed by atoms with van der Waals surface area (Å²) >= 11 is 0. The van der Waals surface area contributed by atoms with Gasteiger partial charge in [-0.1, -0.05) is 5.92 Å². The van der Waals surface area contributed by atoms with E-state index in [1.807, 2.05) is 18.2 Å². The topological polar surface area (TPSA) is 45.1 Å². The van der Waals surface area contributed by atoms with E-state index in [-0.39, 0.29) is 6.23 Å². The van der Waals surface area contributed by atoms with E-state index < -0.39 is 10.0 Å². The van der Waals surface area contributed by atoms with E-state index in [2.05, 4.69) is 35.3 Å². The maximum atomic E-state index is 7.60. The molecule has 2 N–H and O–H groups in total. The van der Waals surface area contributed by atoms with E-state index >= 15 is 0 Å². The van der Waals surface area contributed by atoms with Gasteiger partial charge in [0.05, 0.1) is 0 Å². The molecule has 0 spiro atoms. The molecule has 0 saturated carbocycles. The van der Waals surface area contributed by atoms with Gasteiger partial charge in [-0.2, -0.15) is 10.0 Å². The van der Waals surface area contributed by atoms with Crippen LogP contribution in [0.2, 0.25) is 0 Å². The zero-order valence-electron chi connectivity index (χ0n) is 13.0. The number of benzene rings is 1. The van der Waals surface area contributed by atoms with Crippen molar-refractivity contribution in [1.82, 2.24) is 0 Å². The molecule has 0 aliphatic carbocycles. The Balaban J connectivity index is 2.15. The van der Waals surface area contributed by atoms with Gasteiger partial charge in [0, 0.05) is 29.6 Å². The second-order valence-corrected chi connectivity index (χ2v) is 9.89. The van der Waals surface area contributed by atoms with Crippen molar-refractivity contribution < 1.29 is 4.74 Å². The predicted octanol–water partition coefficient (Wildman–Crippen LogP) is 3.63. The van der Waals surface area contributed by atoms with Gasteiger partial charge < -0.3 is 15.5 Å². The summed E-state index contributed by atoms with van der Waals surface area (Å²) in [5, 5.41) is 14.3. The average molecular weight is 304 g/mol. The van der Waals surface area contributed by atoms with E-state index in [9.17, 15) is 0 Å². The van der Waals surface area contributed by atoms with E-state index in [4.69, 9.17) is 10.1 Å². The van der Waals surface area contributed by atoms with Gasteiger partial charge in [-0.3, -0.25) is 0 Å². The molecule has 1 saturated heterocycles. The van der Waals surface area contributed by atoms with Crippen molar-refractivity contribution in [2.75, 3.05) is 30.7 Å². The van der Waals surface area contributed by atoms with Crippen molar-refractivity contribution in [2.24, 2.45) is 0 Å². The molecule has 0 radical (unpaired) electrons. The highest BCUT2D eigenvalue weighted by atomic mass is 32.3. The van der Waals surface area contributed by atoms with Crippen LogP contribution in [-0.4, -0.2) is 37.8 Å². The van der Waals surface area contributed by atoms with Crippen molar-refractivity contribution in [3.63, 3.8) is 0 Å². The zero-order chi connectivity index (χ0) is 15.3. The van der Waals surface area contributed by atoms with Crippen LogP contribution in [-0.2, 0) is 4.74 Å². The van der Waals surface area contributed by atoms with Gasteiger partial charge in [0.15, 0.2) is 0 Å². The van der Waals surface area contributed by atoms with Gasteiger partial charge in [-0.05, 0) is 61.5 Å². The number of ether oxygens (including phenoxy) is 1. The third kappa shape index (κ3) is 5.11. The Labute approximate surface area is 129 Å². The molecule has 0 amide bonds. The Kier molecular flexibility index (Phi) is 5.33. The number of rotatable bonds is 3. The second-order valence-electron chi connectivity index (χ2n) is 6.01. The number of anilines is 1. The summed E-state index contributed by atoms with van der Waals surface area (Å²) in [7, 11) is -0.829. The molecule has 0 bridgehead atoms.